The van der Waals surface area contributed by atoms with E-state index in [9.17, 15) is 14.7 Å². The van der Waals surface area contributed by atoms with Crippen molar-refractivity contribution in [2.45, 2.75) is 19.9 Å². The summed E-state index contributed by atoms with van der Waals surface area (Å²) in [7, 11) is 3.02. The van der Waals surface area contributed by atoms with Crippen molar-refractivity contribution < 1.29 is 33.3 Å². The Kier molecular flexibility index (Phi) is 14.8. The molecule has 0 unspecified atom stereocenters. The molecule has 0 radical (unpaired) electrons. The van der Waals surface area contributed by atoms with Crippen LogP contribution >= 0.6 is 0 Å². The number of ether oxygens (including phenoxy) is 3. The van der Waals surface area contributed by atoms with E-state index in [0.717, 1.165) is 78.5 Å². The highest BCUT2D eigenvalue weighted by atomic mass is 16.5. The van der Waals surface area contributed by atoms with Gasteiger partial charge in [-0.1, -0.05) is 42.5 Å². The smallest absolute Gasteiger partial charge is 0.248 e. The largest absolute Gasteiger partial charge is 0.504 e. The maximum atomic E-state index is 12.5. The summed E-state index contributed by atoms with van der Waals surface area (Å²) >= 11 is 0. The normalized spacial score (nSPS) is 13.2. The van der Waals surface area contributed by atoms with Crippen LogP contribution in [-0.2, 0) is 16.1 Å². The number of carbonyl (C=O) groups is 2. The molecule has 15 nitrogen and oxygen atoms in total. The van der Waals surface area contributed by atoms with Crippen LogP contribution in [0.3, 0.4) is 0 Å². The number of carbonyl (C=O) groups excluding carboxylic acids is 2. The Hall–Kier alpha value is -8.01. The highest BCUT2D eigenvalue weighted by Gasteiger charge is 2.19. The molecular weight excluding hydrogens is 849 g/mol. The van der Waals surface area contributed by atoms with Crippen LogP contribution in [0.15, 0.2) is 132 Å². The molecule has 340 valence electrons. The minimum Gasteiger partial charge on any atom is -0.504 e. The van der Waals surface area contributed by atoms with E-state index in [4.69, 9.17) is 18.6 Å². The highest BCUT2D eigenvalue weighted by Crippen LogP contribution is 2.31. The van der Waals surface area contributed by atoms with Gasteiger partial charge in [0.05, 0.1) is 26.3 Å². The molecule has 0 saturated carbocycles. The molecule has 0 atom stereocenters. The lowest BCUT2D eigenvalue weighted by Crippen LogP contribution is -2.47. The number of phenols is 1. The molecule has 1 fully saturated rings. The number of aromatic nitrogens is 5. The van der Waals surface area contributed by atoms with Crippen LogP contribution in [0.2, 0.25) is 0 Å². The zero-order valence-electron chi connectivity index (χ0n) is 37.5. The molecule has 67 heavy (non-hydrogen) atoms. The molecule has 0 amide bonds. The summed E-state index contributed by atoms with van der Waals surface area (Å²) in [6.45, 7) is 7.82. The summed E-state index contributed by atoms with van der Waals surface area (Å²) in [5, 5.41) is 21.8. The van der Waals surface area contributed by atoms with E-state index in [0.29, 0.717) is 47.1 Å². The van der Waals surface area contributed by atoms with Crippen LogP contribution in [0.5, 0.6) is 23.0 Å². The first-order chi connectivity index (χ1) is 32.7. The summed E-state index contributed by atoms with van der Waals surface area (Å²) in [5.41, 5.74) is 7.75. The molecule has 0 aliphatic carbocycles. The summed E-state index contributed by atoms with van der Waals surface area (Å²) in [5.74, 6) is 2.13. The summed E-state index contributed by atoms with van der Waals surface area (Å²) in [6, 6.07) is 30.1. The molecule has 3 aromatic heterocycles. The van der Waals surface area contributed by atoms with Crippen LogP contribution in [0, 0.1) is 6.92 Å². The summed E-state index contributed by atoms with van der Waals surface area (Å²) in [4.78, 5) is 43.0. The monoisotopic (exact) mass is 898 g/mol. The Morgan fingerprint density at radius 2 is 1.43 bits per heavy atom. The molecule has 0 bridgehead atoms. The highest BCUT2D eigenvalue weighted by molar-refractivity contribution is 6.10. The van der Waals surface area contributed by atoms with Crippen molar-refractivity contribution in [2.75, 3.05) is 58.9 Å². The van der Waals surface area contributed by atoms with E-state index < -0.39 is 0 Å². The number of hydrogen-bond donors (Lipinski definition) is 2. The van der Waals surface area contributed by atoms with E-state index in [2.05, 4.69) is 52.4 Å². The number of nitrogens with zero attached hydrogens (tertiary/aromatic N) is 7. The van der Waals surface area contributed by atoms with Crippen LogP contribution in [-0.4, -0.2) is 105 Å². The standard InChI is InChI=1S/C52H50N8O7/c1-35-6-13-40(31-45(35)56-52-54-22-20-44(55-52)41-5-4-21-53-33-41)51-58-57-50(67-51)39-14-7-38(8-15-39)34-60-25-23-59(24-26-60)27-28-66-47-19-12-37(30-49(47)65-3)10-17-43(62)32-42(61)16-9-36-11-18-46(63)48(29-36)64-2/h4-22,29-31,33,63H,23-28,32,34H2,1-3H3,(H,54,55,56)/b16-9+,17-10+. The van der Waals surface area contributed by atoms with Gasteiger partial charge in [-0.25, -0.2) is 9.97 Å². The summed E-state index contributed by atoms with van der Waals surface area (Å²) < 4.78 is 23.0. The molecule has 4 heterocycles. The van der Waals surface area contributed by atoms with Crippen LogP contribution < -0.4 is 19.5 Å². The van der Waals surface area contributed by atoms with Gasteiger partial charge in [0.1, 0.15) is 6.61 Å². The first-order valence-corrected chi connectivity index (χ1v) is 21.8. The topological polar surface area (TPSA) is 178 Å². The number of rotatable bonds is 19. The maximum Gasteiger partial charge on any atom is 0.248 e. The molecule has 0 spiro atoms. The van der Waals surface area contributed by atoms with Crippen LogP contribution in [0.4, 0.5) is 11.6 Å². The number of methoxy groups -OCH3 is 2. The number of hydrogen-bond acceptors (Lipinski definition) is 15. The molecule has 8 rings (SSSR count). The number of nitrogens with one attached hydrogen (secondary N) is 1. The SMILES string of the molecule is COc1cc(/C=C/C(=O)CC(=O)/C=C/c2ccc(OCCN3CCN(Cc4ccc(-c5nnc(-c6ccc(C)c(Nc7nccc(-c8cccnc8)n7)c6)o5)cc4)CC3)c(OC)c2)ccc1O. The number of piperazine rings is 1. The van der Waals surface area contributed by atoms with Gasteiger partial charge in [-0.05, 0) is 108 Å². The lowest BCUT2D eigenvalue weighted by Gasteiger charge is -2.34. The predicted octanol–water partition coefficient (Wildman–Crippen LogP) is 8.48. The Balaban J connectivity index is 0.765. The zero-order valence-corrected chi connectivity index (χ0v) is 37.5. The average Bonchev–Trinajstić information content (AvgIpc) is 3.86. The second kappa shape index (κ2) is 21.8. The maximum absolute atomic E-state index is 12.5. The quantitative estimate of drug-likeness (QED) is 0.0583. The first-order valence-electron chi connectivity index (χ1n) is 21.8. The van der Waals surface area contributed by atoms with Gasteiger partial charge >= 0.3 is 0 Å². The second-order valence-corrected chi connectivity index (χ2v) is 15.9. The molecular formula is C52H50N8O7. The van der Waals surface area contributed by atoms with Crippen molar-refractivity contribution >= 4 is 35.4 Å². The Bertz CT molecular complexity index is 2870. The van der Waals surface area contributed by atoms with Crippen molar-refractivity contribution in [1.29, 1.82) is 0 Å². The van der Waals surface area contributed by atoms with Crippen molar-refractivity contribution in [3.05, 3.63) is 150 Å². The molecule has 4 aromatic carbocycles. The number of pyridine rings is 1. The number of phenolic OH excluding ortho intramolecular Hbond substituents is 1. The molecule has 1 saturated heterocycles. The first kappa shape index (κ1) is 45.6. The van der Waals surface area contributed by atoms with Crippen molar-refractivity contribution in [1.82, 2.24) is 34.9 Å². The van der Waals surface area contributed by atoms with Crippen LogP contribution in [0.1, 0.15) is 28.7 Å². The average molecular weight is 899 g/mol. The van der Waals surface area contributed by atoms with Gasteiger partial charge in [0.2, 0.25) is 17.7 Å². The molecule has 7 aromatic rings. The minimum atomic E-state index is -0.340. The fourth-order valence-corrected chi connectivity index (χ4v) is 7.40. The van der Waals surface area contributed by atoms with Crippen LogP contribution in [0.25, 0.3) is 46.3 Å². The van der Waals surface area contributed by atoms with Gasteiger partial charge in [0.25, 0.3) is 0 Å². The van der Waals surface area contributed by atoms with Gasteiger partial charge in [-0.3, -0.25) is 24.4 Å². The number of aryl methyl sites for hydroxylation is 1. The van der Waals surface area contributed by atoms with Gasteiger partial charge in [-0.2, -0.15) is 0 Å². The van der Waals surface area contributed by atoms with E-state index in [1.54, 1.807) is 56.1 Å². The Morgan fingerprint density at radius 3 is 2.15 bits per heavy atom. The third-order valence-electron chi connectivity index (χ3n) is 11.2. The van der Waals surface area contributed by atoms with E-state index >= 15 is 0 Å². The van der Waals surface area contributed by atoms with Crippen molar-refractivity contribution in [2.24, 2.45) is 0 Å². The number of benzene rings is 4. The zero-order chi connectivity index (χ0) is 46.5. The lowest BCUT2D eigenvalue weighted by molar-refractivity contribution is -0.121. The van der Waals surface area contributed by atoms with Crippen molar-refractivity contribution in [3.8, 4) is 57.2 Å². The number of anilines is 2. The number of aromatic hydroxyl groups is 1. The Morgan fingerprint density at radius 1 is 0.746 bits per heavy atom. The number of allylic oxidation sites excluding steroid dienone is 2. The predicted molar refractivity (Wildman–Crippen MR) is 256 cm³/mol. The Labute approximate surface area is 388 Å². The number of ketones is 2. The van der Waals surface area contributed by atoms with Gasteiger partial charge in [-0.15, -0.1) is 10.2 Å². The molecule has 1 aliphatic rings. The van der Waals surface area contributed by atoms with Gasteiger partial charge < -0.3 is 29.1 Å². The second-order valence-electron chi connectivity index (χ2n) is 15.9. The lowest BCUT2D eigenvalue weighted by atomic mass is 10.1. The van der Waals surface area contributed by atoms with E-state index in [1.807, 2.05) is 67.6 Å². The van der Waals surface area contributed by atoms with Crippen molar-refractivity contribution in [3.63, 3.8) is 0 Å². The third-order valence-corrected chi connectivity index (χ3v) is 11.2. The van der Waals surface area contributed by atoms with Gasteiger partial charge in [0, 0.05) is 80.2 Å². The molecule has 15 heteroatoms. The third kappa shape index (κ3) is 12.2. The van der Waals surface area contributed by atoms with Gasteiger partial charge in [0.15, 0.2) is 34.6 Å². The molecule has 2 N–H and O–H groups in total. The minimum absolute atomic E-state index is 0.00431. The fraction of sp³-hybridized carbons (Fsp3) is 0.212. The fourth-order valence-electron chi connectivity index (χ4n) is 7.40. The van der Waals surface area contributed by atoms with E-state index in [1.165, 1.54) is 30.9 Å². The van der Waals surface area contributed by atoms with E-state index in [-0.39, 0.29) is 23.7 Å². The summed E-state index contributed by atoms with van der Waals surface area (Å²) in [6.07, 6.45) is 10.9. The molecule has 1 aliphatic heterocycles.